The summed E-state index contributed by atoms with van der Waals surface area (Å²) in [5, 5.41) is 4.46. The predicted molar refractivity (Wildman–Crippen MR) is 98.0 cm³/mol. The van der Waals surface area contributed by atoms with Crippen molar-refractivity contribution < 1.29 is 0 Å². The lowest BCUT2D eigenvalue weighted by Gasteiger charge is -2.19. The number of nitrogens with one attached hydrogen (secondary N) is 1. The van der Waals surface area contributed by atoms with E-state index < -0.39 is 0 Å². The highest BCUT2D eigenvalue weighted by molar-refractivity contribution is 14.1. The molecule has 2 aromatic rings. The van der Waals surface area contributed by atoms with Gasteiger partial charge in [-0.2, -0.15) is 0 Å². The molecule has 0 aliphatic rings. The van der Waals surface area contributed by atoms with Crippen molar-refractivity contribution in [2.45, 2.75) is 32.7 Å². The predicted octanol–water partition coefficient (Wildman–Crippen LogP) is 5.66. The molecular formula is C16H19ClINS. The van der Waals surface area contributed by atoms with Gasteiger partial charge in [0.05, 0.1) is 6.04 Å². The van der Waals surface area contributed by atoms with Crippen LogP contribution in [0.3, 0.4) is 0 Å². The van der Waals surface area contributed by atoms with Crippen LogP contribution in [0.15, 0.2) is 30.3 Å². The third kappa shape index (κ3) is 3.97. The van der Waals surface area contributed by atoms with E-state index in [2.05, 4.69) is 66.0 Å². The van der Waals surface area contributed by atoms with Gasteiger partial charge in [-0.1, -0.05) is 25.4 Å². The van der Waals surface area contributed by atoms with Crippen molar-refractivity contribution in [3.63, 3.8) is 0 Å². The van der Waals surface area contributed by atoms with Gasteiger partial charge in [0.25, 0.3) is 0 Å². The molecule has 0 radical (unpaired) electrons. The SMILES string of the molecule is CCCNC(c1ccc(CC)s1)c1cc(Cl)ccc1I. The molecule has 0 spiro atoms. The minimum absolute atomic E-state index is 0.242. The van der Waals surface area contributed by atoms with Gasteiger partial charge in [0.2, 0.25) is 0 Å². The van der Waals surface area contributed by atoms with Gasteiger partial charge in [-0.3, -0.25) is 0 Å². The molecular weight excluding hydrogens is 401 g/mol. The van der Waals surface area contributed by atoms with Crippen LogP contribution in [-0.4, -0.2) is 6.54 Å². The van der Waals surface area contributed by atoms with E-state index in [4.69, 9.17) is 11.6 Å². The molecule has 0 fully saturated rings. The standard InChI is InChI=1S/C16H19ClINS/c1-3-9-19-16(15-8-6-12(4-2)20-15)13-10-11(17)5-7-14(13)18/h5-8,10,16,19H,3-4,9H2,1-2H3. The maximum atomic E-state index is 6.19. The van der Waals surface area contributed by atoms with Crippen LogP contribution in [0, 0.1) is 3.57 Å². The smallest absolute Gasteiger partial charge is 0.0682 e. The summed E-state index contributed by atoms with van der Waals surface area (Å²) >= 11 is 10.5. The largest absolute Gasteiger partial charge is 0.306 e. The summed E-state index contributed by atoms with van der Waals surface area (Å²) in [5.74, 6) is 0. The number of aryl methyl sites for hydroxylation is 1. The van der Waals surface area contributed by atoms with Crippen molar-refractivity contribution in [3.8, 4) is 0 Å². The fraction of sp³-hybridized carbons (Fsp3) is 0.375. The Hall–Kier alpha value is -0.100. The van der Waals surface area contributed by atoms with Gasteiger partial charge in [0.15, 0.2) is 0 Å². The summed E-state index contributed by atoms with van der Waals surface area (Å²) < 4.78 is 1.26. The van der Waals surface area contributed by atoms with E-state index in [0.29, 0.717) is 0 Å². The average Bonchev–Trinajstić information content (AvgIpc) is 2.92. The molecule has 1 aromatic carbocycles. The maximum absolute atomic E-state index is 6.19. The first-order valence-corrected chi connectivity index (χ1v) is 9.20. The van der Waals surface area contributed by atoms with Crippen LogP contribution < -0.4 is 5.32 Å². The second-order valence-electron chi connectivity index (χ2n) is 4.71. The van der Waals surface area contributed by atoms with Crippen LogP contribution in [0.25, 0.3) is 0 Å². The van der Waals surface area contributed by atoms with E-state index in [9.17, 15) is 0 Å². The Balaban J connectivity index is 2.38. The molecule has 0 saturated carbocycles. The van der Waals surface area contributed by atoms with Gasteiger partial charge in [-0.25, -0.2) is 0 Å². The van der Waals surface area contributed by atoms with E-state index in [1.165, 1.54) is 18.9 Å². The Labute approximate surface area is 143 Å². The highest BCUT2D eigenvalue weighted by Gasteiger charge is 2.18. The van der Waals surface area contributed by atoms with E-state index in [-0.39, 0.29) is 6.04 Å². The maximum Gasteiger partial charge on any atom is 0.0682 e. The highest BCUT2D eigenvalue weighted by Crippen LogP contribution is 2.32. The van der Waals surface area contributed by atoms with Gasteiger partial charge in [0, 0.05) is 18.3 Å². The zero-order chi connectivity index (χ0) is 14.5. The minimum atomic E-state index is 0.242. The van der Waals surface area contributed by atoms with Crippen LogP contribution in [0.2, 0.25) is 5.02 Å². The number of benzene rings is 1. The van der Waals surface area contributed by atoms with Crippen LogP contribution in [0.5, 0.6) is 0 Å². The second kappa shape index (κ2) is 7.78. The Kier molecular flexibility index (Phi) is 6.33. The zero-order valence-corrected chi connectivity index (χ0v) is 15.5. The molecule has 1 nitrogen and oxygen atoms in total. The van der Waals surface area contributed by atoms with E-state index in [0.717, 1.165) is 24.4 Å². The van der Waals surface area contributed by atoms with E-state index >= 15 is 0 Å². The van der Waals surface area contributed by atoms with Gasteiger partial charge < -0.3 is 5.32 Å². The van der Waals surface area contributed by atoms with E-state index in [1.807, 2.05) is 17.4 Å². The first kappa shape index (κ1) is 16.3. The number of thiophene rings is 1. The number of hydrogen-bond acceptors (Lipinski definition) is 2. The first-order valence-electron chi connectivity index (χ1n) is 6.92. The molecule has 0 bridgehead atoms. The molecule has 4 heteroatoms. The number of halogens is 2. The normalized spacial score (nSPS) is 12.6. The third-order valence-corrected chi connectivity index (χ3v) is 5.69. The molecule has 1 unspecified atom stereocenters. The monoisotopic (exact) mass is 419 g/mol. The van der Waals surface area contributed by atoms with Crippen LogP contribution in [0.1, 0.15) is 41.6 Å². The van der Waals surface area contributed by atoms with Gasteiger partial charge in [0.1, 0.15) is 0 Å². The molecule has 0 saturated heterocycles. The molecule has 20 heavy (non-hydrogen) atoms. The quantitative estimate of drug-likeness (QED) is 0.596. The van der Waals surface area contributed by atoms with Crippen molar-refractivity contribution in [2.75, 3.05) is 6.54 Å². The fourth-order valence-corrected chi connectivity index (χ4v) is 4.00. The summed E-state index contributed by atoms with van der Waals surface area (Å²) in [5.41, 5.74) is 1.27. The van der Waals surface area contributed by atoms with Crippen molar-refractivity contribution in [1.29, 1.82) is 0 Å². The molecule has 0 aliphatic carbocycles. The lowest BCUT2D eigenvalue weighted by Crippen LogP contribution is -2.23. The lowest BCUT2D eigenvalue weighted by molar-refractivity contribution is 0.604. The molecule has 1 aromatic heterocycles. The summed E-state index contributed by atoms with van der Waals surface area (Å²) in [7, 11) is 0. The zero-order valence-electron chi connectivity index (χ0n) is 11.7. The summed E-state index contributed by atoms with van der Waals surface area (Å²) in [6.45, 7) is 5.40. The topological polar surface area (TPSA) is 12.0 Å². The minimum Gasteiger partial charge on any atom is -0.306 e. The molecule has 1 N–H and O–H groups in total. The fourth-order valence-electron chi connectivity index (χ4n) is 2.13. The molecule has 2 rings (SSSR count). The van der Waals surface area contributed by atoms with Crippen LogP contribution >= 0.6 is 45.5 Å². The van der Waals surface area contributed by atoms with Crippen molar-refractivity contribution >= 4 is 45.5 Å². The molecule has 1 atom stereocenters. The molecule has 108 valence electrons. The Morgan fingerprint density at radius 2 is 2.05 bits per heavy atom. The summed E-state index contributed by atoms with van der Waals surface area (Å²) in [6, 6.07) is 10.8. The molecule has 1 heterocycles. The number of hydrogen-bond donors (Lipinski definition) is 1. The van der Waals surface area contributed by atoms with Gasteiger partial charge >= 0.3 is 0 Å². The van der Waals surface area contributed by atoms with Crippen molar-refractivity contribution in [2.24, 2.45) is 0 Å². The Morgan fingerprint density at radius 3 is 2.70 bits per heavy atom. The average molecular weight is 420 g/mol. The van der Waals surface area contributed by atoms with Crippen LogP contribution in [-0.2, 0) is 6.42 Å². The molecule has 0 amide bonds. The Bertz CT molecular complexity index is 567. The second-order valence-corrected chi connectivity index (χ2v) is 7.51. The summed E-state index contributed by atoms with van der Waals surface area (Å²) in [6.07, 6.45) is 2.22. The lowest BCUT2D eigenvalue weighted by atomic mass is 10.1. The molecule has 0 aliphatic heterocycles. The van der Waals surface area contributed by atoms with Crippen molar-refractivity contribution in [1.82, 2.24) is 5.32 Å². The van der Waals surface area contributed by atoms with Gasteiger partial charge in [-0.05, 0) is 77.9 Å². The summed E-state index contributed by atoms with van der Waals surface area (Å²) in [4.78, 5) is 2.80. The highest BCUT2D eigenvalue weighted by atomic mass is 127. The Morgan fingerprint density at radius 1 is 1.25 bits per heavy atom. The first-order chi connectivity index (χ1) is 9.65. The van der Waals surface area contributed by atoms with E-state index in [1.54, 1.807) is 0 Å². The van der Waals surface area contributed by atoms with Gasteiger partial charge in [-0.15, -0.1) is 11.3 Å². The van der Waals surface area contributed by atoms with Crippen LogP contribution in [0.4, 0.5) is 0 Å². The third-order valence-electron chi connectivity index (χ3n) is 3.18. The number of rotatable bonds is 6. The van der Waals surface area contributed by atoms with Crippen molar-refractivity contribution in [3.05, 3.63) is 54.2 Å².